The van der Waals surface area contributed by atoms with Crippen molar-refractivity contribution in [3.8, 4) is 0 Å². The summed E-state index contributed by atoms with van der Waals surface area (Å²) in [6, 6.07) is 7.89. The van der Waals surface area contributed by atoms with Gasteiger partial charge in [-0.05, 0) is 52.6 Å². The summed E-state index contributed by atoms with van der Waals surface area (Å²) in [6.07, 6.45) is 0. The van der Waals surface area contributed by atoms with Gasteiger partial charge in [-0.2, -0.15) is 0 Å². The first-order valence-corrected chi connectivity index (χ1v) is 7.06. The molecule has 3 heteroatoms. The van der Waals surface area contributed by atoms with E-state index in [-0.39, 0.29) is 11.9 Å². The molecule has 0 bridgehead atoms. The SMILES string of the molecule is CC(C)C(NC(=O)c1cccc(I)c1)C(C)C. The first-order valence-electron chi connectivity index (χ1n) is 5.98. The van der Waals surface area contributed by atoms with Crippen molar-refractivity contribution in [2.24, 2.45) is 11.8 Å². The molecule has 1 rings (SSSR count). The van der Waals surface area contributed by atoms with E-state index in [0.29, 0.717) is 11.8 Å². The van der Waals surface area contributed by atoms with Crippen LogP contribution in [0.5, 0.6) is 0 Å². The van der Waals surface area contributed by atoms with E-state index in [4.69, 9.17) is 0 Å². The fourth-order valence-corrected chi connectivity index (χ4v) is 2.51. The molecule has 17 heavy (non-hydrogen) atoms. The van der Waals surface area contributed by atoms with Gasteiger partial charge in [-0.15, -0.1) is 0 Å². The van der Waals surface area contributed by atoms with Crippen molar-refractivity contribution in [2.45, 2.75) is 33.7 Å². The molecule has 0 unspecified atom stereocenters. The second-order valence-corrected chi connectivity index (χ2v) is 6.24. The van der Waals surface area contributed by atoms with Crippen LogP contribution in [0.4, 0.5) is 0 Å². The third kappa shape index (κ3) is 4.30. The van der Waals surface area contributed by atoms with Crippen molar-refractivity contribution in [3.05, 3.63) is 33.4 Å². The molecule has 1 aromatic carbocycles. The van der Waals surface area contributed by atoms with Crippen LogP contribution in [-0.4, -0.2) is 11.9 Å². The van der Waals surface area contributed by atoms with Gasteiger partial charge in [-0.3, -0.25) is 4.79 Å². The minimum Gasteiger partial charge on any atom is -0.349 e. The number of rotatable bonds is 4. The van der Waals surface area contributed by atoms with Crippen molar-refractivity contribution < 1.29 is 4.79 Å². The van der Waals surface area contributed by atoms with Gasteiger partial charge in [-0.25, -0.2) is 0 Å². The number of carbonyl (C=O) groups excluding carboxylic acids is 1. The normalized spacial score (nSPS) is 11.3. The fraction of sp³-hybridized carbons (Fsp3) is 0.500. The molecular formula is C14H20INO. The number of hydrogen-bond donors (Lipinski definition) is 1. The highest BCUT2D eigenvalue weighted by molar-refractivity contribution is 14.1. The highest BCUT2D eigenvalue weighted by Crippen LogP contribution is 2.14. The van der Waals surface area contributed by atoms with Gasteiger partial charge in [0.1, 0.15) is 0 Å². The molecule has 0 aliphatic carbocycles. The Bertz CT molecular complexity index is 380. The van der Waals surface area contributed by atoms with Crippen LogP contribution < -0.4 is 5.32 Å². The van der Waals surface area contributed by atoms with E-state index in [2.05, 4.69) is 55.6 Å². The van der Waals surface area contributed by atoms with Crippen LogP contribution in [0.25, 0.3) is 0 Å². The van der Waals surface area contributed by atoms with Gasteiger partial charge in [0, 0.05) is 15.2 Å². The average Bonchev–Trinajstić information content (AvgIpc) is 2.24. The van der Waals surface area contributed by atoms with Gasteiger partial charge < -0.3 is 5.32 Å². The summed E-state index contributed by atoms with van der Waals surface area (Å²) in [7, 11) is 0. The molecule has 0 radical (unpaired) electrons. The molecule has 0 fully saturated rings. The quantitative estimate of drug-likeness (QED) is 0.829. The molecule has 0 saturated heterocycles. The van der Waals surface area contributed by atoms with E-state index in [0.717, 1.165) is 9.13 Å². The molecule has 1 amide bonds. The average molecular weight is 345 g/mol. The molecule has 0 saturated carbocycles. The molecule has 0 atom stereocenters. The van der Waals surface area contributed by atoms with E-state index in [1.165, 1.54) is 0 Å². The highest BCUT2D eigenvalue weighted by Gasteiger charge is 2.20. The molecule has 94 valence electrons. The lowest BCUT2D eigenvalue weighted by atomic mass is 9.93. The second kappa shape index (κ2) is 6.38. The Kier molecular flexibility index (Phi) is 5.43. The number of amides is 1. The van der Waals surface area contributed by atoms with Crippen molar-refractivity contribution in [2.75, 3.05) is 0 Å². The standard InChI is InChI=1S/C14H20INO/c1-9(2)13(10(3)4)16-14(17)11-6-5-7-12(15)8-11/h5-10,13H,1-4H3,(H,16,17). The fourth-order valence-electron chi connectivity index (χ4n) is 1.97. The first-order chi connectivity index (χ1) is 7.91. The van der Waals surface area contributed by atoms with Gasteiger partial charge in [0.15, 0.2) is 0 Å². The Hall–Kier alpha value is -0.580. The van der Waals surface area contributed by atoms with E-state index < -0.39 is 0 Å². The molecule has 2 nitrogen and oxygen atoms in total. The maximum absolute atomic E-state index is 12.1. The number of halogens is 1. The third-order valence-corrected chi connectivity index (χ3v) is 3.49. The van der Waals surface area contributed by atoms with Gasteiger partial charge in [0.2, 0.25) is 0 Å². The second-order valence-electron chi connectivity index (χ2n) is 5.00. The lowest BCUT2D eigenvalue weighted by molar-refractivity contribution is 0.0910. The lowest BCUT2D eigenvalue weighted by Gasteiger charge is -2.26. The predicted molar refractivity (Wildman–Crippen MR) is 80.1 cm³/mol. The summed E-state index contributed by atoms with van der Waals surface area (Å²) in [5.74, 6) is 0.916. The van der Waals surface area contributed by atoms with E-state index in [1.54, 1.807) is 0 Å². The summed E-state index contributed by atoms with van der Waals surface area (Å²) >= 11 is 2.22. The summed E-state index contributed by atoms with van der Waals surface area (Å²) in [5, 5.41) is 3.12. The minimum atomic E-state index is 0.0240. The summed E-state index contributed by atoms with van der Waals surface area (Å²) in [6.45, 7) is 8.55. The minimum absolute atomic E-state index is 0.0240. The monoisotopic (exact) mass is 345 g/mol. The van der Waals surface area contributed by atoms with Gasteiger partial charge in [-0.1, -0.05) is 33.8 Å². The largest absolute Gasteiger partial charge is 0.349 e. The highest BCUT2D eigenvalue weighted by atomic mass is 127. The predicted octanol–water partition coefficient (Wildman–Crippen LogP) is 3.70. The number of benzene rings is 1. The van der Waals surface area contributed by atoms with Crippen LogP contribution in [0.2, 0.25) is 0 Å². The Labute approximate surface area is 117 Å². The summed E-state index contributed by atoms with van der Waals surface area (Å²) < 4.78 is 1.08. The maximum Gasteiger partial charge on any atom is 0.251 e. The summed E-state index contributed by atoms with van der Waals surface area (Å²) in [5.41, 5.74) is 0.739. The van der Waals surface area contributed by atoms with Crippen LogP contribution in [0.1, 0.15) is 38.1 Å². The first kappa shape index (κ1) is 14.5. The molecule has 1 aromatic rings. The molecule has 0 heterocycles. The Balaban J connectivity index is 2.77. The zero-order chi connectivity index (χ0) is 13.0. The van der Waals surface area contributed by atoms with Gasteiger partial charge >= 0.3 is 0 Å². The van der Waals surface area contributed by atoms with Crippen LogP contribution >= 0.6 is 22.6 Å². The van der Waals surface area contributed by atoms with Crippen LogP contribution in [0.3, 0.4) is 0 Å². The Morgan fingerprint density at radius 1 is 1.18 bits per heavy atom. The molecule has 0 spiro atoms. The van der Waals surface area contributed by atoms with E-state index in [9.17, 15) is 4.79 Å². The molecule has 1 N–H and O–H groups in total. The lowest BCUT2D eigenvalue weighted by Crippen LogP contribution is -2.42. The smallest absolute Gasteiger partial charge is 0.251 e. The molecule has 0 aromatic heterocycles. The molecular weight excluding hydrogens is 325 g/mol. The third-order valence-electron chi connectivity index (χ3n) is 2.82. The van der Waals surface area contributed by atoms with Crippen molar-refractivity contribution in [1.29, 1.82) is 0 Å². The van der Waals surface area contributed by atoms with Crippen molar-refractivity contribution >= 4 is 28.5 Å². The number of carbonyl (C=O) groups is 1. The van der Waals surface area contributed by atoms with Gasteiger partial charge in [0.25, 0.3) is 5.91 Å². The zero-order valence-electron chi connectivity index (χ0n) is 10.8. The van der Waals surface area contributed by atoms with Crippen LogP contribution in [-0.2, 0) is 0 Å². The zero-order valence-corrected chi connectivity index (χ0v) is 13.0. The van der Waals surface area contributed by atoms with E-state index in [1.807, 2.05) is 24.3 Å². The number of nitrogens with one attached hydrogen (secondary N) is 1. The van der Waals surface area contributed by atoms with Crippen LogP contribution in [0.15, 0.2) is 24.3 Å². The van der Waals surface area contributed by atoms with Gasteiger partial charge in [0.05, 0.1) is 0 Å². The topological polar surface area (TPSA) is 29.1 Å². The Morgan fingerprint density at radius 3 is 2.24 bits per heavy atom. The maximum atomic E-state index is 12.1. The van der Waals surface area contributed by atoms with E-state index >= 15 is 0 Å². The Morgan fingerprint density at radius 2 is 1.76 bits per heavy atom. The number of hydrogen-bond acceptors (Lipinski definition) is 1. The molecule has 0 aliphatic rings. The van der Waals surface area contributed by atoms with Crippen molar-refractivity contribution in [1.82, 2.24) is 5.32 Å². The molecule has 0 aliphatic heterocycles. The van der Waals surface area contributed by atoms with Crippen LogP contribution in [0, 0.1) is 15.4 Å². The van der Waals surface area contributed by atoms with Crippen molar-refractivity contribution in [3.63, 3.8) is 0 Å². The summed E-state index contributed by atoms with van der Waals surface area (Å²) in [4.78, 5) is 12.1.